The Labute approximate surface area is 155 Å². The van der Waals surface area contributed by atoms with Gasteiger partial charge in [0.2, 0.25) is 0 Å². The number of amides is 3. The fourth-order valence-electron chi connectivity index (χ4n) is 3.36. The van der Waals surface area contributed by atoms with Gasteiger partial charge in [0.15, 0.2) is 0 Å². The molecule has 1 aromatic rings. The first kappa shape index (κ1) is 18.5. The van der Waals surface area contributed by atoms with E-state index in [-0.39, 0.29) is 34.0 Å². The van der Waals surface area contributed by atoms with Crippen molar-refractivity contribution < 1.29 is 28.6 Å². The largest absolute Gasteiger partial charge is 0.496 e. The van der Waals surface area contributed by atoms with Crippen molar-refractivity contribution >= 4 is 35.2 Å². The summed E-state index contributed by atoms with van der Waals surface area (Å²) in [6.07, 6.45) is 1.03. The molecular formula is C17H19ClN2O6. The second kappa shape index (κ2) is 7.13. The van der Waals surface area contributed by atoms with Gasteiger partial charge in [0.05, 0.1) is 31.0 Å². The number of piperidine rings is 1. The number of esters is 1. The Balaban J connectivity index is 2.00. The third-order valence-electron chi connectivity index (χ3n) is 4.75. The Hall–Kier alpha value is -2.32. The van der Waals surface area contributed by atoms with E-state index < -0.39 is 18.0 Å². The molecule has 140 valence electrons. The fourth-order valence-corrected chi connectivity index (χ4v) is 3.60. The van der Waals surface area contributed by atoms with Gasteiger partial charge in [-0.1, -0.05) is 11.6 Å². The van der Waals surface area contributed by atoms with Gasteiger partial charge in [-0.15, -0.1) is 0 Å². The van der Waals surface area contributed by atoms with Crippen LogP contribution in [-0.2, 0) is 14.3 Å². The fraction of sp³-hybridized carbons (Fsp3) is 0.471. The number of urea groups is 1. The van der Waals surface area contributed by atoms with E-state index in [0.29, 0.717) is 19.4 Å². The van der Waals surface area contributed by atoms with Crippen molar-refractivity contribution in [2.24, 2.45) is 0 Å². The molecular weight excluding hydrogens is 364 g/mol. The Morgan fingerprint density at radius 1 is 1.23 bits per heavy atom. The molecule has 0 bridgehead atoms. The number of halogens is 1. The predicted octanol–water partition coefficient (Wildman–Crippen LogP) is 2.08. The normalized spacial score (nSPS) is 22.5. The quantitative estimate of drug-likeness (QED) is 0.585. The molecule has 3 rings (SSSR count). The van der Waals surface area contributed by atoms with Crippen LogP contribution < -0.4 is 9.64 Å². The van der Waals surface area contributed by atoms with Gasteiger partial charge in [0.1, 0.15) is 17.4 Å². The van der Waals surface area contributed by atoms with Crippen molar-refractivity contribution in [3.8, 4) is 5.75 Å². The first-order valence-electron chi connectivity index (χ1n) is 8.06. The molecule has 0 aromatic heterocycles. The van der Waals surface area contributed by atoms with Crippen LogP contribution in [0.2, 0.25) is 5.02 Å². The number of carbonyl (C=O) groups excluding carboxylic acids is 3. The highest BCUT2D eigenvalue weighted by Crippen LogP contribution is 2.38. The Morgan fingerprint density at radius 3 is 2.58 bits per heavy atom. The van der Waals surface area contributed by atoms with Crippen LogP contribution in [0.15, 0.2) is 12.1 Å². The molecule has 0 N–H and O–H groups in total. The summed E-state index contributed by atoms with van der Waals surface area (Å²) in [5.41, 5.74) is 0.287. The summed E-state index contributed by atoms with van der Waals surface area (Å²) in [6, 6.07) is 1.71. The molecule has 3 amide bonds. The van der Waals surface area contributed by atoms with Gasteiger partial charge in [-0.3, -0.25) is 4.79 Å². The molecule has 2 atom stereocenters. The van der Waals surface area contributed by atoms with Crippen LogP contribution >= 0.6 is 11.6 Å². The van der Waals surface area contributed by atoms with E-state index in [4.69, 9.17) is 25.8 Å². The Morgan fingerprint density at radius 2 is 1.96 bits per heavy atom. The zero-order chi connectivity index (χ0) is 19.0. The smallest absolute Gasteiger partial charge is 0.341 e. The van der Waals surface area contributed by atoms with E-state index in [1.54, 1.807) is 7.11 Å². The average Bonchev–Trinajstić information content (AvgIpc) is 2.91. The maximum Gasteiger partial charge on any atom is 0.341 e. The highest BCUT2D eigenvalue weighted by Gasteiger charge is 2.49. The number of imide groups is 1. The highest BCUT2D eigenvalue weighted by atomic mass is 35.5. The van der Waals surface area contributed by atoms with Crippen LogP contribution in [0, 0.1) is 0 Å². The number of rotatable bonds is 4. The van der Waals surface area contributed by atoms with Gasteiger partial charge in [0, 0.05) is 26.1 Å². The minimum atomic E-state index is -0.630. The molecule has 1 aromatic carbocycles. The molecule has 2 fully saturated rings. The lowest BCUT2D eigenvalue weighted by Gasteiger charge is -2.31. The first-order valence-corrected chi connectivity index (χ1v) is 8.43. The van der Waals surface area contributed by atoms with Crippen LogP contribution in [0.5, 0.6) is 5.75 Å². The molecule has 0 unspecified atom stereocenters. The molecule has 0 aliphatic carbocycles. The third-order valence-corrected chi connectivity index (χ3v) is 5.05. The van der Waals surface area contributed by atoms with E-state index in [1.807, 2.05) is 0 Å². The third kappa shape index (κ3) is 2.89. The van der Waals surface area contributed by atoms with Crippen LogP contribution in [0.1, 0.15) is 23.2 Å². The van der Waals surface area contributed by atoms with Gasteiger partial charge in [-0.05, 0) is 12.5 Å². The zero-order valence-electron chi connectivity index (χ0n) is 14.7. The van der Waals surface area contributed by atoms with Gasteiger partial charge in [-0.25, -0.2) is 14.5 Å². The van der Waals surface area contributed by atoms with Crippen molar-refractivity contribution in [2.75, 3.05) is 32.8 Å². The number of hydrogen-bond acceptors (Lipinski definition) is 6. The monoisotopic (exact) mass is 382 g/mol. The highest BCUT2D eigenvalue weighted by molar-refractivity contribution is 6.36. The number of nitrogens with zero attached hydrogens (tertiary/aromatic N) is 2. The first-order chi connectivity index (χ1) is 12.4. The molecule has 2 saturated heterocycles. The number of ether oxygens (including phenoxy) is 3. The lowest BCUT2D eigenvalue weighted by molar-refractivity contribution is -0.121. The van der Waals surface area contributed by atoms with Crippen molar-refractivity contribution in [1.82, 2.24) is 4.90 Å². The van der Waals surface area contributed by atoms with Crippen molar-refractivity contribution in [3.05, 3.63) is 22.7 Å². The molecule has 0 radical (unpaired) electrons. The summed E-state index contributed by atoms with van der Waals surface area (Å²) in [6.45, 7) is 0.430. The topological polar surface area (TPSA) is 85.4 Å². The van der Waals surface area contributed by atoms with E-state index in [2.05, 4.69) is 0 Å². The Kier molecular flexibility index (Phi) is 5.06. The number of benzene rings is 1. The van der Waals surface area contributed by atoms with Crippen LogP contribution in [0.3, 0.4) is 0 Å². The van der Waals surface area contributed by atoms with Crippen molar-refractivity contribution in [1.29, 1.82) is 0 Å². The minimum absolute atomic E-state index is 0.0698. The number of carbonyl (C=O) groups is 3. The summed E-state index contributed by atoms with van der Waals surface area (Å²) in [5.74, 6) is -0.835. The zero-order valence-corrected chi connectivity index (χ0v) is 15.4. The second-order valence-electron chi connectivity index (χ2n) is 6.04. The molecule has 0 spiro atoms. The maximum absolute atomic E-state index is 12.9. The van der Waals surface area contributed by atoms with Crippen molar-refractivity contribution in [2.45, 2.75) is 25.0 Å². The molecule has 26 heavy (non-hydrogen) atoms. The van der Waals surface area contributed by atoms with E-state index in [0.717, 1.165) is 4.90 Å². The molecule has 0 saturated carbocycles. The van der Waals surface area contributed by atoms with Crippen LogP contribution in [0.25, 0.3) is 0 Å². The standard InChI is InChI=1S/C17H19ClN2O6/c1-24-9-4-5-19-13(6-9)15(21)20(17(19)23)12-8-14(25-2)10(7-11(12)18)16(22)26-3/h7-9,13H,4-6H2,1-3H3/t9-,13+/m0/s1. The molecule has 8 nitrogen and oxygen atoms in total. The number of methoxy groups -OCH3 is 3. The predicted molar refractivity (Wildman–Crippen MR) is 92.8 cm³/mol. The summed E-state index contributed by atoms with van der Waals surface area (Å²) in [7, 11) is 4.20. The number of anilines is 1. The summed E-state index contributed by atoms with van der Waals surface area (Å²) >= 11 is 6.27. The summed E-state index contributed by atoms with van der Waals surface area (Å²) in [5, 5.41) is 0.0797. The van der Waals surface area contributed by atoms with Gasteiger partial charge in [-0.2, -0.15) is 0 Å². The summed E-state index contributed by atoms with van der Waals surface area (Å²) in [4.78, 5) is 40.0. The lowest BCUT2D eigenvalue weighted by atomic mass is 10.0. The second-order valence-corrected chi connectivity index (χ2v) is 6.45. The van der Waals surface area contributed by atoms with Gasteiger partial charge < -0.3 is 19.1 Å². The SMILES string of the molecule is COC(=O)c1cc(Cl)c(N2C(=O)[C@H]3C[C@@H](OC)CCN3C2=O)cc1OC. The minimum Gasteiger partial charge on any atom is -0.496 e. The van der Waals surface area contributed by atoms with E-state index in [1.165, 1.54) is 31.3 Å². The summed E-state index contributed by atoms with van der Waals surface area (Å²) < 4.78 is 15.2. The molecule has 9 heteroatoms. The number of hydrogen-bond donors (Lipinski definition) is 0. The average molecular weight is 383 g/mol. The maximum atomic E-state index is 12.9. The van der Waals surface area contributed by atoms with Gasteiger partial charge in [0.25, 0.3) is 5.91 Å². The molecule has 2 aliphatic heterocycles. The van der Waals surface area contributed by atoms with Crippen molar-refractivity contribution in [3.63, 3.8) is 0 Å². The van der Waals surface area contributed by atoms with E-state index in [9.17, 15) is 14.4 Å². The number of fused-ring (bicyclic) bond motifs is 1. The van der Waals surface area contributed by atoms with Crippen LogP contribution in [0.4, 0.5) is 10.5 Å². The molecule has 2 heterocycles. The van der Waals surface area contributed by atoms with Gasteiger partial charge >= 0.3 is 12.0 Å². The Bertz CT molecular complexity index is 768. The van der Waals surface area contributed by atoms with Crippen LogP contribution in [-0.4, -0.2) is 62.8 Å². The lowest BCUT2D eigenvalue weighted by Crippen LogP contribution is -2.44. The molecule has 2 aliphatic rings. The van der Waals surface area contributed by atoms with E-state index >= 15 is 0 Å².